The molecule has 0 saturated carbocycles. The van der Waals surface area contributed by atoms with E-state index in [0.717, 1.165) is 44.7 Å². The molecule has 0 unspecified atom stereocenters. The average Bonchev–Trinajstić information content (AvgIpc) is 2.64. The third-order valence-electron chi connectivity index (χ3n) is 3.64. The van der Waals surface area contributed by atoms with Crippen molar-refractivity contribution in [3.8, 4) is 0 Å². The van der Waals surface area contributed by atoms with Gasteiger partial charge in [-0.15, -0.1) is 12.4 Å². The largest absolute Gasteiger partial charge is 0.481 e. The van der Waals surface area contributed by atoms with Gasteiger partial charge in [0.1, 0.15) is 5.82 Å². The highest BCUT2D eigenvalue weighted by atomic mass is 35.5. The number of hydrogen-bond acceptors (Lipinski definition) is 3. The summed E-state index contributed by atoms with van der Waals surface area (Å²) < 4.78 is 12.9. The molecule has 2 rings (SSSR count). The molecule has 0 aromatic heterocycles. The quantitative estimate of drug-likeness (QED) is 0.904. The van der Waals surface area contributed by atoms with Crippen molar-refractivity contribution in [3.63, 3.8) is 0 Å². The molecule has 1 aliphatic rings. The summed E-state index contributed by atoms with van der Waals surface area (Å²) in [5.41, 5.74) is 1.12. The highest BCUT2D eigenvalue weighted by molar-refractivity contribution is 5.85. The van der Waals surface area contributed by atoms with Gasteiger partial charge in [0, 0.05) is 26.2 Å². The highest BCUT2D eigenvalue weighted by Gasteiger charge is 2.15. The fourth-order valence-electron chi connectivity index (χ4n) is 2.51. The van der Waals surface area contributed by atoms with E-state index in [2.05, 4.69) is 9.80 Å². The Hall–Kier alpha value is -1.17. The molecule has 1 aromatic rings. The molecule has 1 aromatic carbocycles. The Labute approximate surface area is 131 Å². The van der Waals surface area contributed by atoms with E-state index in [0.29, 0.717) is 6.54 Å². The molecule has 6 heteroatoms. The lowest BCUT2D eigenvalue weighted by molar-refractivity contribution is -0.137. The minimum Gasteiger partial charge on any atom is -0.481 e. The molecule has 118 valence electrons. The van der Waals surface area contributed by atoms with Crippen LogP contribution in [0.5, 0.6) is 0 Å². The summed E-state index contributed by atoms with van der Waals surface area (Å²) in [5, 5.41) is 8.72. The van der Waals surface area contributed by atoms with E-state index in [1.165, 1.54) is 12.1 Å². The number of carbonyl (C=O) groups is 1. The molecule has 1 fully saturated rings. The summed E-state index contributed by atoms with van der Waals surface area (Å²) in [6, 6.07) is 6.63. The molecule has 0 radical (unpaired) electrons. The topological polar surface area (TPSA) is 43.8 Å². The van der Waals surface area contributed by atoms with Gasteiger partial charge in [0.15, 0.2) is 0 Å². The van der Waals surface area contributed by atoms with Crippen LogP contribution >= 0.6 is 12.4 Å². The number of hydrogen-bond donors (Lipinski definition) is 1. The van der Waals surface area contributed by atoms with Crippen LogP contribution in [0, 0.1) is 5.82 Å². The molecule has 21 heavy (non-hydrogen) atoms. The van der Waals surface area contributed by atoms with E-state index in [4.69, 9.17) is 5.11 Å². The van der Waals surface area contributed by atoms with Gasteiger partial charge in [0.2, 0.25) is 0 Å². The number of benzene rings is 1. The van der Waals surface area contributed by atoms with Crippen molar-refractivity contribution in [2.75, 3.05) is 32.7 Å². The summed E-state index contributed by atoms with van der Waals surface area (Å²) >= 11 is 0. The molecule has 0 aliphatic carbocycles. The fourth-order valence-corrected chi connectivity index (χ4v) is 2.51. The maximum atomic E-state index is 12.9. The van der Waals surface area contributed by atoms with E-state index in [-0.39, 0.29) is 24.6 Å². The normalized spacial score (nSPS) is 17.0. The van der Waals surface area contributed by atoms with Crippen LogP contribution in [-0.4, -0.2) is 53.6 Å². The molecule has 1 aliphatic heterocycles. The van der Waals surface area contributed by atoms with Crippen LogP contribution in [0.3, 0.4) is 0 Å². The zero-order valence-corrected chi connectivity index (χ0v) is 12.8. The molecule has 0 bridgehead atoms. The summed E-state index contributed by atoms with van der Waals surface area (Å²) in [5.74, 6) is -0.943. The lowest BCUT2D eigenvalue weighted by Crippen LogP contribution is -2.31. The second-order valence-corrected chi connectivity index (χ2v) is 5.24. The first kappa shape index (κ1) is 17.9. The number of carboxylic acids is 1. The molecular weight excluding hydrogens is 295 g/mol. The molecule has 0 spiro atoms. The third-order valence-corrected chi connectivity index (χ3v) is 3.64. The van der Waals surface area contributed by atoms with Crippen LogP contribution in [0.2, 0.25) is 0 Å². The maximum absolute atomic E-state index is 12.9. The first-order valence-electron chi connectivity index (χ1n) is 7.04. The van der Waals surface area contributed by atoms with Gasteiger partial charge >= 0.3 is 5.97 Å². The van der Waals surface area contributed by atoms with Crippen LogP contribution in [0.15, 0.2) is 24.3 Å². The molecule has 0 amide bonds. The monoisotopic (exact) mass is 316 g/mol. The van der Waals surface area contributed by atoms with Crippen molar-refractivity contribution in [1.29, 1.82) is 0 Å². The van der Waals surface area contributed by atoms with Gasteiger partial charge in [-0.3, -0.25) is 9.69 Å². The molecule has 1 saturated heterocycles. The van der Waals surface area contributed by atoms with Crippen LogP contribution < -0.4 is 0 Å². The number of nitrogens with zero attached hydrogens (tertiary/aromatic N) is 2. The van der Waals surface area contributed by atoms with Gasteiger partial charge in [-0.05, 0) is 37.2 Å². The second kappa shape index (κ2) is 8.97. The van der Waals surface area contributed by atoms with Crippen molar-refractivity contribution in [2.24, 2.45) is 0 Å². The maximum Gasteiger partial charge on any atom is 0.304 e. The van der Waals surface area contributed by atoms with Crippen molar-refractivity contribution in [3.05, 3.63) is 35.6 Å². The van der Waals surface area contributed by atoms with Crippen LogP contribution in [0.4, 0.5) is 4.39 Å². The average molecular weight is 317 g/mol. The first-order chi connectivity index (χ1) is 9.63. The molecule has 4 nitrogen and oxygen atoms in total. The number of carboxylic acid groups (broad SMARTS) is 1. The smallest absolute Gasteiger partial charge is 0.304 e. The summed E-state index contributed by atoms with van der Waals surface area (Å²) in [6.45, 7) is 5.23. The van der Waals surface area contributed by atoms with Gasteiger partial charge < -0.3 is 10.0 Å². The fraction of sp³-hybridized carbons (Fsp3) is 0.533. The summed E-state index contributed by atoms with van der Waals surface area (Å²) in [6.07, 6.45) is 1.25. The zero-order valence-electron chi connectivity index (χ0n) is 12.0. The Morgan fingerprint density at radius 3 is 2.38 bits per heavy atom. The Morgan fingerprint density at radius 1 is 1.10 bits per heavy atom. The van der Waals surface area contributed by atoms with Crippen molar-refractivity contribution in [1.82, 2.24) is 9.80 Å². The van der Waals surface area contributed by atoms with Gasteiger partial charge in [0.25, 0.3) is 0 Å². The van der Waals surface area contributed by atoms with E-state index in [1.807, 2.05) is 12.1 Å². The van der Waals surface area contributed by atoms with Crippen molar-refractivity contribution >= 4 is 18.4 Å². The summed E-state index contributed by atoms with van der Waals surface area (Å²) in [4.78, 5) is 15.1. The lowest BCUT2D eigenvalue weighted by atomic mass is 10.2. The first-order valence-corrected chi connectivity index (χ1v) is 7.04. The van der Waals surface area contributed by atoms with E-state index in [9.17, 15) is 9.18 Å². The van der Waals surface area contributed by atoms with E-state index >= 15 is 0 Å². The number of rotatable bonds is 5. The Balaban J connectivity index is 0.00000220. The van der Waals surface area contributed by atoms with Gasteiger partial charge in [-0.1, -0.05) is 12.1 Å². The molecule has 1 heterocycles. The molecule has 1 N–H and O–H groups in total. The van der Waals surface area contributed by atoms with Crippen LogP contribution in [0.25, 0.3) is 0 Å². The Morgan fingerprint density at radius 2 is 1.71 bits per heavy atom. The minimum atomic E-state index is -0.739. The van der Waals surface area contributed by atoms with Gasteiger partial charge in [0.05, 0.1) is 6.42 Å². The molecular formula is C15H22ClFN2O2. The van der Waals surface area contributed by atoms with E-state index < -0.39 is 5.97 Å². The lowest BCUT2D eigenvalue weighted by Gasteiger charge is -2.21. The Bertz CT molecular complexity index is 442. The predicted octanol–water partition coefficient (Wildman–Crippen LogP) is 2.23. The molecule has 0 atom stereocenters. The minimum absolute atomic E-state index is 0. The number of halogens is 2. The third kappa shape index (κ3) is 6.42. The Kier molecular flexibility index (Phi) is 7.64. The van der Waals surface area contributed by atoms with Crippen molar-refractivity contribution in [2.45, 2.75) is 19.4 Å². The number of aliphatic carboxylic acids is 1. The van der Waals surface area contributed by atoms with Crippen LogP contribution in [0.1, 0.15) is 18.4 Å². The van der Waals surface area contributed by atoms with Crippen molar-refractivity contribution < 1.29 is 14.3 Å². The predicted molar refractivity (Wildman–Crippen MR) is 82.2 cm³/mol. The van der Waals surface area contributed by atoms with Gasteiger partial charge in [-0.2, -0.15) is 0 Å². The standard InChI is InChI=1S/C15H21FN2O2.ClH/c16-14-4-2-13(3-5-14)12-18-8-1-7-17(10-11-18)9-6-15(19)20;/h2-5H,1,6-12H2,(H,19,20);1H. The SMILES string of the molecule is Cl.O=C(O)CCN1CCCN(Cc2ccc(F)cc2)CC1. The zero-order chi connectivity index (χ0) is 14.4. The highest BCUT2D eigenvalue weighted by Crippen LogP contribution is 2.10. The van der Waals surface area contributed by atoms with E-state index in [1.54, 1.807) is 0 Å². The summed E-state index contributed by atoms with van der Waals surface area (Å²) in [7, 11) is 0. The second-order valence-electron chi connectivity index (χ2n) is 5.24. The van der Waals surface area contributed by atoms with Crippen LogP contribution in [-0.2, 0) is 11.3 Å². The van der Waals surface area contributed by atoms with Gasteiger partial charge in [-0.25, -0.2) is 4.39 Å².